The number of carboxylic acid groups (broad SMARTS) is 2. The molecule has 0 aliphatic carbocycles. The van der Waals surface area contributed by atoms with Crippen molar-refractivity contribution in [2.45, 2.75) is 51.6 Å². The van der Waals surface area contributed by atoms with E-state index in [9.17, 15) is 19.2 Å². The van der Waals surface area contributed by atoms with Gasteiger partial charge in [-0.3, -0.25) is 14.4 Å². The average molecular weight is 288 g/mol. The summed E-state index contributed by atoms with van der Waals surface area (Å²) in [5, 5.41) is 22.0. The van der Waals surface area contributed by atoms with Crippen LogP contribution < -0.4 is 10.6 Å². The Hall–Kier alpha value is -2.12. The Labute approximate surface area is 116 Å². The minimum atomic E-state index is -1.52. The molecule has 8 nitrogen and oxygen atoms in total. The molecule has 0 heterocycles. The summed E-state index contributed by atoms with van der Waals surface area (Å²) in [5.74, 6) is -3.87. The number of nitrogens with one attached hydrogen (secondary N) is 2. The minimum Gasteiger partial charge on any atom is -0.481 e. The normalized spacial score (nSPS) is 13.1. The molecule has 0 saturated heterocycles. The van der Waals surface area contributed by atoms with Crippen LogP contribution in [0.1, 0.15) is 39.5 Å². The first kappa shape index (κ1) is 17.9. The Kier molecular flexibility index (Phi) is 7.95. The van der Waals surface area contributed by atoms with Gasteiger partial charge in [0.05, 0.1) is 6.42 Å². The molecule has 0 unspecified atom stereocenters. The van der Waals surface area contributed by atoms with E-state index in [0.29, 0.717) is 12.8 Å². The quantitative estimate of drug-likeness (QED) is 0.461. The molecule has 0 radical (unpaired) electrons. The molecule has 0 aromatic carbocycles. The highest BCUT2D eigenvalue weighted by atomic mass is 16.4. The van der Waals surface area contributed by atoms with E-state index in [1.807, 2.05) is 6.92 Å². The summed E-state index contributed by atoms with van der Waals surface area (Å²) in [5.41, 5.74) is 0. The molecule has 2 amide bonds. The highest BCUT2D eigenvalue weighted by Crippen LogP contribution is 2.03. The number of hydrogen-bond donors (Lipinski definition) is 4. The number of carbonyl (C=O) groups excluding carboxylic acids is 2. The molecule has 2 atom stereocenters. The van der Waals surface area contributed by atoms with Gasteiger partial charge < -0.3 is 20.8 Å². The molecule has 0 aromatic heterocycles. The third-order valence-corrected chi connectivity index (χ3v) is 2.53. The Balaban J connectivity index is 4.72. The van der Waals surface area contributed by atoms with Crippen molar-refractivity contribution in [1.82, 2.24) is 10.6 Å². The molecule has 0 rings (SSSR count). The maximum Gasteiger partial charge on any atom is 0.326 e. The summed E-state index contributed by atoms with van der Waals surface area (Å²) in [4.78, 5) is 44.3. The van der Waals surface area contributed by atoms with Gasteiger partial charge in [0.15, 0.2) is 0 Å². The Morgan fingerprint density at radius 2 is 1.65 bits per heavy atom. The number of rotatable bonds is 9. The summed E-state index contributed by atoms with van der Waals surface area (Å²) in [6.45, 7) is 3.16. The lowest BCUT2D eigenvalue weighted by Gasteiger charge is -2.20. The average Bonchev–Trinajstić information content (AvgIpc) is 2.32. The zero-order valence-electron chi connectivity index (χ0n) is 11.5. The van der Waals surface area contributed by atoms with Gasteiger partial charge in [-0.05, 0) is 6.42 Å². The second kappa shape index (κ2) is 8.89. The van der Waals surface area contributed by atoms with E-state index in [-0.39, 0.29) is 0 Å². The number of amides is 2. The van der Waals surface area contributed by atoms with Crippen molar-refractivity contribution in [1.29, 1.82) is 0 Å². The first-order valence-electron chi connectivity index (χ1n) is 6.30. The molecule has 0 aliphatic heterocycles. The highest BCUT2D eigenvalue weighted by Gasteiger charge is 2.27. The van der Waals surface area contributed by atoms with E-state index in [2.05, 4.69) is 10.6 Å². The van der Waals surface area contributed by atoms with Gasteiger partial charge in [0, 0.05) is 6.92 Å². The molecule has 8 heteroatoms. The second-order valence-corrected chi connectivity index (χ2v) is 4.39. The van der Waals surface area contributed by atoms with Crippen molar-refractivity contribution in [2.75, 3.05) is 0 Å². The van der Waals surface area contributed by atoms with Gasteiger partial charge in [0.25, 0.3) is 0 Å². The van der Waals surface area contributed by atoms with Crippen LogP contribution in [0.4, 0.5) is 0 Å². The number of aliphatic carboxylic acids is 2. The molecule has 0 bridgehead atoms. The van der Waals surface area contributed by atoms with Crippen molar-refractivity contribution < 1.29 is 29.4 Å². The summed E-state index contributed by atoms with van der Waals surface area (Å²) in [6.07, 6.45) is 1.12. The van der Waals surface area contributed by atoms with Crippen LogP contribution in [-0.4, -0.2) is 46.0 Å². The van der Waals surface area contributed by atoms with Gasteiger partial charge in [-0.1, -0.05) is 19.8 Å². The first-order chi connectivity index (χ1) is 9.27. The second-order valence-electron chi connectivity index (χ2n) is 4.39. The lowest BCUT2D eigenvalue weighted by atomic mass is 10.1. The van der Waals surface area contributed by atoms with Crippen LogP contribution in [0.25, 0.3) is 0 Å². The predicted molar refractivity (Wildman–Crippen MR) is 68.9 cm³/mol. The summed E-state index contributed by atoms with van der Waals surface area (Å²) in [7, 11) is 0. The first-order valence-corrected chi connectivity index (χ1v) is 6.30. The molecule has 0 aliphatic rings. The molecule has 114 valence electrons. The van der Waals surface area contributed by atoms with E-state index in [1.165, 1.54) is 6.92 Å². The molecule has 20 heavy (non-hydrogen) atoms. The predicted octanol–water partition coefficient (Wildman–Crippen LogP) is -0.275. The van der Waals surface area contributed by atoms with Gasteiger partial charge in [0.1, 0.15) is 12.1 Å². The lowest BCUT2D eigenvalue weighted by Crippen LogP contribution is -2.51. The molecule has 0 spiro atoms. The van der Waals surface area contributed by atoms with E-state index in [0.717, 1.165) is 6.42 Å². The van der Waals surface area contributed by atoms with Crippen LogP contribution in [0.3, 0.4) is 0 Å². The van der Waals surface area contributed by atoms with Gasteiger partial charge in [0.2, 0.25) is 11.8 Å². The van der Waals surface area contributed by atoms with Crippen molar-refractivity contribution >= 4 is 23.8 Å². The zero-order valence-corrected chi connectivity index (χ0v) is 11.5. The maximum atomic E-state index is 11.9. The van der Waals surface area contributed by atoms with E-state index in [1.54, 1.807) is 0 Å². The number of carbonyl (C=O) groups is 4. The van der Waals surface area contributed by atoms with Gasteiger partial charge >= 0.3 is 11.9 Å². The fourth-order valence-corrected chi connectivity index (χ4v) is 1.57. The third kappa shape index (κ3) is 7.34. The highest BCUT2D eigenvalue weighted by molar-refractivity contribution is 5.91. The molecule has 0 aromatic rings. The van der Waals surface area contributed by atoms with Crippen molar-refractivity contribution in [3.63, 3.8) is 0 Å². The molecule has 4 N–H and O–H groups in total. The number of carboxylic acids is 2. The topological polar surface area (TPSA) is 133 Å². The number of hydrogen-bond acceptors (Lipinski definition) is 4. The van der Waals surface area contributed by atoms with Gasteiger partial charge in [-0.15, -0.1) is 0 Å². The van der Waals surface area contributed by atoms with E-state index >= 15 is 0 Å². The van der Waals surface area contributed by atoms with Crippen LogP contribution in [0.15, 0.2) is 0 Å². The summed E-state index contributed by atoms with van der Waals surface area (Å²) >= 11 is 0. The Bertz CT molecular complexity index is 382. The minimum absolute atomic E-state index is 0.362. The fourth-order valence-electron chi connectivity index (χ4n) is 1.57. The monoisotopic (exact) mass is 288 g/mol. The number of unbranched alkanes of at least 4 members (excludes halogenated alkanes) is 1. The third-order valence-electron chi connectivity index (χ3n) is 2.53. The smallest absolute Gasteiger partial charge is 0.326 e. The van der Waals surface area contributed by atoms with Crippen molar-refractivity contribution in [3.05, 3.63) is 0 Å². The maximum absolute atomic E-state index is 11.9. The Morgan fingerprint density at radius 3 is 2.05 bits per heavy atom. The molecular formula is C12H20N2O6. The SMILES string of the molecule is CCCC[C@H](NC(C)=O)C(=O)N[C@@H](CC(=O)O)C(=O)O. The van der Waals surface area contributed by atoms with Crippen molar-refractivity contribution in [3.8, 4) is 0 Å². The van der Waals surface area contributed by atoms with Gasteiger partial charge in [-0.2, -0.15) is 0 Å². The van der Waals surface area contributed by atoms with Crippen LogP contribution in [0.5, 0.6) is 0 Å². The van der Waals surface area contributed by atoms with E-state index in [4.69, 9.17) is 10.2 Å². The summed E-state index contributed by atoms with van der Waals surface area (Å²) < 4.78 is 0. The largest absolute Gasteiger partial charge is 0.481 e. The molecule has 0 saturated carbocycles. The summed E-state index contributed by atoms with van der Waals surface area (Å²) in [6, 6.07) is -2.37. The van der Waals surface area contributed by atoms with Crippen LogP contribution >= 0.6 is 0 Å². The van der Waals surface area contributed by atoms with Gasteiger partial charge in [-0.25, -0.2) is 4.79 Å². The Morgan fingerprint density at radius 1 is 1.05 bits per heavy atom. The van der Waals surface area contributed by atoms with Crippen LogP contribution in [-0.2, 0) is 19.2 Å². The van der Waals surface area contributed by atoms with E-state index < -0.39 is 42.3 Å². The lowest BCUT2D eigenvalue weighted by molar-refractivity contribution is -0.147. The van der Waals surface area contributed by atoms with Crippen LogP contribution in [0, 0.1) is 0 Å². The fraction of sp³-hybridized carbons (Fsp3) is 0.667. The zero-order chi connectivity index (χ0) is 15.7. The molecule has 0 fully saturated rings. The standard InChI is InChI=1S/C12H20N2O6/c1-3-4-5-8(13-7(2)15)11(18)14-9(12(19)20)6-10(16)17/h8-9H,3-6H2,1-2H3,(H,13,15)(H,14,18)(H,16,17)(H,19,20)/t8-,9-/m0/s1. The van der Waals surface area contributed by atoms with Crippen molar-refractivity contribution in [2.24, 2.45) is 0 Å². The molecular weight excluding hydrogens is 268 g/mol. The van der Waals surface area contributed by atoms with Crippen LogP contribution in [0.2, 0.25) is 0 Å².